The largest absolute Gasteiger partial charge is 0.382 e. The van der Waals surface area contributed by atoms with E-state index in [0.29, 0.717) is 6.04 Å². The van der Waals surface area contributed by atoms with Crippen LogP contribution in [0, 0.1) is 0 Å². The molecule has 1 fully saturated rings. The Kier molecular flexibility index (Phi) is 3.18. The molecular formula is C14H21N3. The molecule has 3 heteroatoms. The summed E-state index contributed by atoms with van der Waals surface area (Å²) in [5.74, 6) is 0. The van der Waals surface area contributed by atoms with Crippen LogP contribution in [0.25, 0.3) is 0 Å². The summed E-state index contributed by atoms with van der Waals surface area (Å²) in [4.78, 5) is 2.52. The van der Waals surface area contributed by atoms with Gasteiger partial charge in [0.1, 0.15) is 0 Å². The zero-order valence-electron chi connectivity index (χ0n) is 10.3. The van der Waals surface area contributed by atoms with E-state index in [1.807, 2.05) is 0 Å². The predicted octanol–water partition coefficient (Wildman–Crippen LogP) is 2.06. The van der Waals surface area contributed by atoms with E-state index in [4.69, 9.17) is 0 Å². The van der Waals surface area contributed by atoms with Crippen molar-refractivity contribution in [1.29, 1.82) is 0 Å². The fraction of sp³-hybridized carbons (Fsp3) is 0.571. The van der Waals surface area contributed by atoms with Crippen LogP contribution < -0.4 is 15.5 Å². The number of hydrogen-bond donors (Lipinski definition) is 2. The van der Waals surface area contributed by atoms with Gasteiger partial charge in [0.15, 0.2) is 0 Å². The van der Waals surface area contributed by atoms with Gasteiger partial charge in [-0.2, -0.15) is 0 Å². The van der Waals surface area contributed by atoms with Crippen LogP contribution in [0.5, 0.6) is 0 Å². The summed E-state index contributed by atoms with van der Waals surface area (Å²) in [5.41, 5.74) is 2.65. The number of nitrogens with zero attached hydrogens (tertiary/aromatic N) is 1. The van der Waals surface area contributed by atoms with Crippen molar-refractivity contribution in [2.45, 2.75) is 25.3 Å². The Hall–Kier alpha value is -1.22. The molecule has 0 saturated carbocycles. The van der Waals surface area contributed by atoms with E-state index >= 15 is 0 Å². The first-order chi connectivity index (χ1) is 8.43. The Morgan fingerprint density at radius 3 is 3.00 bits per heavy atom. The van der Waals surface area contributed by atoms with E-state index in [-0.39, 0.29) is 0 Å². The van der Waals surface area contributed by atoms with Crippen LogP contribution in [-0.4, -0.2) is 32.2 Å². The average molecular weight is 231 g/mol. The molecule has 3 rings (SSSR count). The summed E-state index contributed by atoms with van der Waals surface area (Å²) in [7, 11) is 0. The lowest BCUT2D eigenvalue weighted by atomic mass is 10.0. The first-order valence-corrected chi connectivity index (χ1v) is 6.75. The van der Waals surface area contributed by atoms with Gasteiger partial charge in [0.25, 0.3) is 0 Å². The summed E-state index contributed by atoms with van der Waals surface area (Å²) >= 11 is 0. The molecule has 1 aromatic carbocycles. The number of piperidine rings is 1. The lowest BCUT2D eigenvalue weighted by Crippen LogP contribution is -2.46. The Bertz CT molecular complexity index is 371. The maximum absolute atomic E-state index is 3.64. The van der Waals surface area contributed by atoms with Gasteiger partial charge in [0.05, 0.1) is 11.4 Å². The summed E-state index contributed by atoms with van der Waals surface area (Å²) in [5, 5.41) is 7.10. The van der Waals surface area contributed by atoms with Crippen molar-refractivity contribution in [3.8, 4) is 0 Å². The lowest BCUT2D eigenvalue weighted by Gasteiger charge is -2.36. The smallest absolute Gasteiger partial charge is 0.0603 e. The van der Waals surface area contributed by atoms with Crippen LogP contribution in [0.15, 0.2) is 24.3 Å². The van der Waals surface area contributed by atoms with E-state index in [1.54, 1.807) is 0 Å². The fourth-order valence-corrected chi connectivity index (χ4v) is 2.88. The van der Waals surface area contributed by atoms with E-state index in [1.165, 1.54) is 37.2 Å². The zero-order valence-corrected chi connectivity index (χ0v) is 10.3. The number of anilines is 2. The third kappa shape index (κ3) is 2.39. The summed E-state index contributed by atoms with van der Waals surface area (Å²) < 4.78 is 0. The third-order valence-electron chi connectivity index (χ3n) is 3.80. The third-order valence-corrected chi connectivity index (χ3v) is 3.80. The van der Waals surface area contributed by atoms with Crippen molar-refractivity contribution in [3.63, 3.8) is 0 Å². The average Bonchev–Trinajstić information content (AvgIpc) is 2.40. The van der Waals surface area contributed by atoms with Crippen LogP contribution >= 0.6 is 0 Å². The second-order valence-electron chi connectivity index (χ2n) is 5.04. The molecule has 92 valence electrons. The van der Waals surface area contributed by atoms with Gasteiger partial charge >= 0.3 is 0 Å². The quantitative estimate of drug-likeness (QED) is 0.816. The van der Waals surface area contributed by atoms with Crippen molar-refractivity contribution >= 4 is 11.4 Å². The molecular weight excluding hydrogens is 210 g/mol. The minimum atomic E-state index is 0.676. The van der Waals surface area contributed by atoms with E-state index in [9.17, 15) is 0 Å². The monoisotopic (exact) mass is 231 g/mol. The van der Waals surface area contributed by atoms with Crippen molar-refractivity contribution < 1.29 is 0 Å². The molecule has 1 unspecified atom stereocenters. The van der Waals surface area contributed by atoms with Gasteiger partial charge in [-0.3, -0.25) is 0 Å². The SMILES string of the molecule is c1ccc2c(c1)NCCN2CC1CCCCN1. The number of hydrogen-bond acceptors (Lipinski definition) is 3. The predicted molar refractivity (Wildman–Crippen MR) is 72.8 cm³/mol. The fourth-order valence-electron chi connectivity index (χ4n) is 2.88. The first kappa shape index (κ1) is 10.9. The Balaban J connectivity index is 1.71. The Labute approximate surface area is 103 Å². The summed E-state index contributed by atoms with van der Waals surface area (Å²) in [6.07, 6.45) is 4.05. The number of para-hydroxylation sites is 2. The summed E-state index contributed by atoms with van der Waals surface area (Å²) in [6.45, 7) is 4.52. The van der Waals surface area contributed by atoms with Crippen molar-refractivity contribution in [1.82, 2.24) is 5.32 Å². The summed E-state index contributed by atoms with van der Waals surface area (Å²) in [6, 6.07) is 9.32. The molecule has 0 aliphatic carbocycles. The normalized spacial score (nSPS) is 24.0. The van der Waals surface area contributed by atoms with Gasteiger partial charge in [0.2, 0.25) is 0 Å². The highest BCUT2D eigenvalue weighted by atomic mass is 15.2. The van der Waals surface area contributed by atoms with Gasteiger partial charge in [-0.15, -0.1) is 0 Å². The van der Waals surface area contributed by atoms with Crippen LogP contribution in [0.2, 0.25) is 0 Å². The van der Waals surface area contributed by atoms with E-state index in [2.05, 4.69) is 39.8 Å². The van der Waals surface area contributed by atoms with Gasteiger partial charge < -0.3 is 15.5 Å². The Morgan fingerprint density at radius 1 is 1.18 bits per heavy atom. The molecule has 3 nitrogen and oxygen atoms in total. The van der Waals surface area contributed by atoms with Crippen LogP contribution in [0.3, 0.4) is 0 Å². The minimum absolute atomic E-state index is 0.676. The molecule has 0 aromatic heterocycles. The maximum atomic E-state index is 3.64. The van der Waals surface area contributed by atoms with Crippen LogP contribution in [-0.2, 0) is 0 Å². The van der Waals surface area contributed by atoms with Gasteiger partial charge in [-0.1, -0.05) is 18.6 Å². The Morgan fingerprint density at radius 2 is 2.12 bits per heavy atom. The molecule has 2 heterocycles. The second-order valence-corrected chi connectivity index (χ2v) is 5.04. The highest BCUT2D eigenvalue weighted by molar-refractivity contribution is 5.71. The zero-order chi connectivity index (χ0) is 11.5. The van der Waals surface area contributed by atoms with Crippen LogP contribution in [0.1, 0.15) is 19.3 Å². The molecule has 2 N–H and O–H groups in total. The number of fused-ring (bicyclic) bond motifs is 1. The van der Waals surface area contributed by atoms with Crippen molar-refractivity contribution in [2.24, 2.45) is 0 Å². The molecule has 17 heavy (non-hydrogen) atoms. The second kappa shape index (κ2) is 4.96. The highest BCUT2D eigenvalue weighted by Crippen LogP contribution is 2.28. The molecule has 2 aliphatic heterocycles. The molecule has 1 atom stereocenters. The molecule has 0 bridgehead atoms. The minimum Gasteiger partial charge on any atom is -0.382 e. The number of benzene rings is 1. The number of nitrogens with one attached hydrogen (secondary N) is 2. The van der Waals surface area contributed by atoms with E-state index < -0.39 is 0 Å². The maximum Gasteiger partial charge on any atom is 0.0603 e. The molecule has 1 saturated heterocycles. The van der Waals surface area contributed by atoms with Crippen LogP contribution in [0.4, 0.5) is 11.4 Å². The van der Waals surface area contributed by atoms with E-state index in [0.717, 1.165) is 19.6 Å². The molecule has 0 amide bonds. The molecule has 2 aliphatic rings. The molecule has 0 radical (unpaired) electrons. The van der Waals surface area contributed by atoms with Crippen molar-refractivity contribution in [3.05, 3.63) is 24.3 Å². The van der Waals surface area contributed by atoms with Crippen molar-refractivity contribution in [2.75, 3.05) is 36.4 Å². The van der Waals surface area contributed by atoms with Gasteiger partial charge in [-0.05, 0) is 31.5 Å². The standard InChI is InChI=1S/C14H21N3/c1-2-7-14-13(6-1)16-9-10-17(14)11-12-5-3-4-8-15-12/h1-2,6-7,12,15-16H,3-5,8-11H2. The molecule has 1 aromatic rings. The van der Waals surface area contributed by atoms with Gasteiger partial charge in [0, 0.05) is 25.7 Å². The topological polar surface area (TPSA) is 27.3 Å². The first-order valence-electron chi connectivity index (χ1n) is 6.75. The highest BCUT2D eigenvalue weighted by Gasteiger charge is 2.20. The number of rotatable bonds is 2. The molecule has 0 spiro atoms. The van der Waals surface area contributed by atoms with Gasteiger partial charge in [-0.25, -0.2) is 0 Å². The lowest BCUT2D eigenvalue weighted by molar-refractivity contribution is 0.399.